The molecule has 0 bridgehead atoms. The molecule has 0 aromatic rings. The topological polar surface area (TPSA) is 29.5 Å². The van der Waals surface area contributed by atoms with E-state index < -0.39 is 5.41 Å². The molecule has 0 fully saturated rings. The molecule has 0 spiro atoms. The minimum absolute atomic E-state index is 0.139. The average molecular weight is 187 g/mol. The molecule has 78 valence electrons. The van der Waals surface area contributed by atoms with Gasteiger partial charge < -0.3 is 9.64 Å². The molecule has 3 heteroatoms. The van der Waals surface area contributed by atoms with E-state index in [2.05, 4.69) is 18.7 Å². The number of methoxy groups -OCH3 is 1. The van der Waals surface area contributed by atoms with Crippen molar-refractivity contribution in [2.24, 2.45) is 5.41 Å². The summed E-state index contributed by atoms with van der Waals surface area (Å²) in [5.41, 5.74) is -0.402. The molecular formula is C10H21NO2. The van der Waals surface area contributed by atoms with Gasteiger partial charge in [0.25, 0.3) is 0 Å². The van der Waals surface area contributed by atoms with Crippen LogP contribution in [0.1, 0.15) is 27.7 Å². The maximum atomic E-state index is 11.4. The first-order chi connectivity index (χ1) is 5.97. The van der Waals surface area contributed by atoms with Gasteiger partial charge in [-0.15, -0.1) is 0 Å². The maximum Gasteiger partial charge on any atom is 0.312 e. The highest BCUT2D eigenvalue weighted by Crippen LogP contribution is 2.18. The van der Waals surface area contributed by atoms with Crippen molar-refractivity contribution in [2.45, 2.75) is 27.7 Å². The number of hydrogen-bond acceptors (Lipinski definition) is 3. The highest BCUT2D eigenvalue weighted by atomic mass is 16.5. The quantitative estimate of drug-likeness (QED) is 0.611. The first kappa shape index (κ1) is 12.4. The zero-order chi connectivity index (χ0) is 10.5. The molecule has 0 aromatic carbocycles. The van der Waals surface area contributed by atoms with Crippen molar-refractivity contribution in [3.05, 3.63) is 0 Å². The molecule has 0 rings (SSSR count). The highest BCUT2D eigenvalue weighted by molar-refractivity contribution is 5.76. The van der Waals surface area contributed by atoms with Crippen LogP contribution in [0.25, 0.3) is 0 Å². The molecule has 0 aliphatic carbocycles. The van der Waals surface area contributed by atoms with E-state index in [-0.39, 0.29) is 5.97 Å². The van der Waals surface area contributed by atoms with Crippen LogP contribution in [0.2, 0.25) is 0 Å². The smallest absolute Gasteiger partial charge is 0.312 e. The number of esters is 1. The molecule has 0 saturated carbocycles. The van der Waals surface area contributed by atoms with Crippen molar-refractivity contribution in [3.63, 3.8) is 0 Å². The van der Waals surface area contributed by atoms with E-state index in [1.165, 1.54) is 7.11 Å². The van der Waals surface area contributed by atoms with Crippen molar-refractivity contribution in [1.82, 2.24) is 4.90 Å². The predicted octanol–water partition coefficient (Wildman–Crippen LogP) is 1.53. The first-order valence-corrected chi connectivity index (χ1v) is 4.78. The third-order valence-electron chi connectivity index (χ3n) is 2.25. The second-order valence-corrected chi connectivity index (χ2v) is 3.84. The van der Waals surface area contributed by atoms with Gasteiger partial charge in [-0.05, 0) is 26.9 Å². The van der Waals surface area contributed by atoms with E-state index in [0.717, 1.165) is 19.6 Å². The molecule has 0 unspecified atom stereocenters. The Morgan fingerprint density at radius 3 is 2.08 bits per heavy atom. The van der Waals surface area contributed by atoms with Gasteiger partial charge in [-0.3, -0.25) is 4.79 Å². The Bertz CT molecular complexity index is 162. The van der Waals surface area contributed by atoms with E-state index in [1.54, 1.807) is 0 Å². The highest BCUT2D eigenvalue weighted by Gasteiger charge is 2.30. The lowest BCUT2D eigenvalue weighted by Gasteiger charge is -2.28. The van der Waals surface area contributed by atoms with Crippen molar-refractivity contribution >= 4 is 5.97 Å². The van der Waals surface area contributed by atoms with E-state index >= 15 is 0 Å². The molecule has 0 radical (unpaired) electrons. The second-order valence-electron chi connectivity index (χ2n) is 3.84. The normalized spacial score (nSPS) is 11.8. The fourth-order valence-corrected chi connectivity index (χ4v) is 1.35. The van der Waals surface area contributed by atoms with E-state index in [4.69, 9.17) is 4.74 Å². The van der Waals surface area contributed by atoms with Crippen molar-refractivity contribution < 1.29 is 9.53 Å². The van der Waals surface area contributed by atoms with Gasteiger partial charge in [-0.25, -0.2) is 0 Å². The van der Waals surface area contributed by atoms with Crippen LogP contribution in [0.15, 0.2) is 0 Å². The molecule has 0 aliphatic heterocycles. The van der Waals surface area contributed by atoms with Crippen LogP contribution in [-0.2, 0) is 9.53 Å². The Morgan fingerprint density at radius 1 is 1.31 bits per heavy atom. The summed E-state index contributed by atoms with van der Waals surface area (Å²) < 4.78 is 4.74. The van der Waals surface area contributed by atoms with Gasteiger partial charge in [-0.2, -0.15) is 0 Å². The molecule has 0 heterocycles. The third-order valence-corrected chi connectivity index (χ3v) is 2.25. The van der Waals surface area contributed by atoms with Gasteiger partial charge in [0.05, 0.1) is 12.5 Å². The van der Waals surface area contributed by atoms with Crippen molar-refractivity contribution in [2.75, 3.05) is 26.7 Å². The van der Waals surface area contributed by atoms with E-state index in [0.29, 0.717) is 0 Å². The fraction of sp³-hybridized carbons (Fsp3) is 0.900. The number of rotatable bonds is 5. The van der Waals surface area contributed by atoms with Gasteiger partial charge >= 0.3 is 5.97 Å². The summed E-state index contributed by atoms with van der Waals surface area (Å²) in [6.45, 7) is 10.7. The van der Waals surface area contributed by atoms with Gasteiger partial charge in [0, 0.05) is 6.54 Å². The lowest BCUT2D eigenvalue weighted by molar-refractivity contribution is -0.151. The lowest BCUT2D eigenvalue weighted by Crippen LogP contribution is -2.39. The fourth-order valence-electron chi connectivity index (χ4n) is 1.35. The summed E-state index contributed by atoms with van der Waals surface area (Å²) in [6, 6.07) is 0. The summed E-state index contributed by atoms with van der Waals surface area (Å²) in [5, 5.41) is 0. The Kier molecular flexibility index (Phi) is 4.99. The van der Waals surface area contributed by atoms with Crippen LogP contribution in [0.4, 0.5) is 0 Å². The van der Waals surface area contributed by atoms with Crippen molar-refractivity contribution in [3.8, 4) is 0 Å². The summed E-state index contributed by atoms with van der Waals surface area (Å²) in [6.07, 6.45) is 0. The summed E-state index contributed by atoms with van der Waals surface area (Å²) >= 11 is 0. The first-order valence-electron chi connectivity index (χ1n) is 4.78. The monoisotopic (exact) mass is 187 g/mol. The molecule has 0 amide bonds. The lowest BCUT2D eigenvalue weighted by atomic mass is 9.93. The number of nitrogens with zero attached hydrogens (tertiary/aromatic N) is 1. The van der Waals surface area contributed by atoms with Crippen molar-refractivity contribution in [1.29, 1.82) is 0 Å². The van der Waals surface area contributed by atoms with Gasteiger partial charge in [0.2, 0.25) is 0 Å². The summed E-state index contributed by atoms with van der Waals surface area (Å²) in [4.78, 5) is 13.6. The molecule has 0 saturated heterocycles. The van der Waals surface area contributed by atoms with Gasteiger partial charge in [0.15, 0.2) is 0 Å². The number of hydrogen-bond donors (Lipinski definition) is 0. The molecule has 0 aromatic heterocycles. The molecule has 0 aliphatic rings. The maximum absolute atomic E-state index is 11.4. The predicted molar refractivity (Wildman–Crippen MR) is 53.6 cm³/mol. The molecule has 13 heavy (non-hydrogen) atoms. The Morgan fingerprint density at radius 2 is 1.77 bits per heavy atom. The minimum Gasteiger partial charge on any atom is -0.469 e. The SMILES string of the molecule is CCN(CC)CC(C)(C)C(=O)OC. The molecule has 3 nitrogen and oxygen atoms in total. The minimum atomic E-state index is -0.402. The summed E-state index contributed by atoms with van der Waals surface area (Å²) in [7, 11) is 1.44. The second kappa shape index (κ2) is 5.22. The number of carbonyl (C=O) groups is 1. The zero-order valence-electron chi connectivity index (χ0n) is 9.39. The number of ether oxygens (including phenoxy) is 1. The molecule has 0 N–H and O–H groups in total. The molecule has 0 atom stereocenters. The van der Waals surface area contributed by atoms with Crippen LogP contribution >= 0.6 is 0 Å². The Hall–Kier alpha value is -0.570. The van der Waals surface area contributed by atoms with Crippen LogP contribution in [0.3, 0.4) is 0 Å². The third kappa shape index (κ3) is 3.77. The van der Waals surface area contributed by atoms with Gasteiger partial charge in [0.1, 0.15) is 0 Å². The zero-order valence-corrected chi connectivity index (χ0v) is 9.39. The average Bonchev–Trinajstić information content (AvgIpc) is 2.12. The molecular weight excluding hydrogens is 166 g/mol. The van der Waals surface area contributed by atoms with Crippen LogP contribution in [0, 0.1) is 5.41 Å². The summed E-state index contributed by atoms with van der Waals surface area (Å²) in [5.74, 6) is -0.139. The Labute approximate surface area is 81.1 Å². The van der Waals surface area contributed by atoms with E-state index in [9.17, 15) is 4.79 Å². The number of carbonyl (C=O) groups excluding carboxylic acids is 1. The van der Waals surface area contributed by atoms with Gasteiger partial charge in [-0.1, -0.05) is 13.8 Å². The standard InChI is InChI=1S/C10H21NO2/c1-6-11(7-2)8-10(3,4)9(12)13-5/h6-8H2,1-5H3. The Balaban J connectivity index is 4.21. The van der Waals surface area contributed by atoms with Crippen LogP contribution < -0.4 is 0 Å². The largest absolute Gasteiger partial charge is 0.469 e. The van der Waals surface area contributed by atoms with E-state index in [1.807, 2.05) is 13.8 Å². The van der Waals surface area contributed by atoms with Crippen LogP contribution in [0.5, 0.6) is 0 Å². The van der Waals surface area contributed by atoms with Crippen LogP contribution in [-0.4, -0.2) is 37.6 Å².